The summed E-state index contributed by atoms with van der Waals surface area (Å²) in [7, 11) is 4.05. The second-order valence-electron chi connectivity index (χ2n) is 7.23. The second kappa shape index (κ2) is 9.40. The van der Waals surface area contributed by atoms with E-state index in [-0.39, 0.29) is 6.10 Å². The van der Waals surface area contributed by atoms with Crippen molar-refractivity contribution < 1.29 is 9.47 Å². The molecule has 0 atom stereocenters. The van der Waals surface area contributed by atoms with Crippen LogP contribution in [0.2, 0.25) is 5.02 Å². The largest absolute Gasteiger partial charge is 0.491 e. The second-order valence-corrected chi connectivity index (χ2v) is 7.66. The molecule has 0 unspecified atom stereocenters. The number of hydrogen-bond acceptors (Lipinski definition) is 5. The number of halogens is 1. The first-order valence-corrected chi connectivity index (χ1v) is 9.81. The lowest BCUT2D eigenvalue weighted by atomic mass is 10.0. The molecule has 1 fully saturated rings. The van der Waals surface area contributed by atoms with Crippen LogP contribution in [-0.4, -0.2) is 56.3 Å². The molecule has 27 heavy (non-hydrogen) atoms. The number of aromatic nitrogens is 1. The molecule has 0 amide bonds. The summed E-state index contributed by atoms with van der Waals surface area (Å²) in [6.45, 7) is 5.49. The van der Waals surface area contributed by atoms with Crippen LogP contribution in [-0.2, 0) is 0 Å². The van der Waals surface area contributed by atoms with E-state index in [4.69, 9.17) is 21.1 Å². The molecule has 0 spiro atoms. The number of piperidine rings is 1. The SMILES string of the molecule is Cc1cc(Cl)cc(-c2cncc(OCCN(C)C)c2)c1OC1CCNCC1. The van der Waals surface area contributed by atoms with E-state index in [0.29, 0.717) is 11.6 Å². The van der Waals surface area contributed by atoms with Crippen LogP contribution in [0.5, 0.6) is 11.5 Å². The summed E-state index contributed by atoms with van der Waals surface area (Å²) in [6.07, 6.45) is 5.81. The van der Waals surface area contributed by atoms with Gasteiger partial charge in [-0.05, 0) is 70.7 Å². The van der Waals surface area contributed by atoms with Gasteiger partial charge >= 0.3 is 0 Å². The molecule has 1 saturated heterocycles. The molecule has 1 aromatic carbocycles. The maximum absolute atomic E-state index is 6.41. The van der Waals surface area contributed by atoms with Crippen LogP contribution < -0.4 is 14.8 Å². The Morgan fingerprint density at radius 1 is 1.19 bits per heavy atom. The summed E-state index contributed by atoms with van der Waals surface area (Å²) in [5.41, 5.74) is 2.95. The maximum atomic E-state index is 6.41. The molecule has 3 rings (SSSR count). The van der Waals surface area contributed by atoms with Gasteiger partial charge in [-0.25, -0.2) is 0 Å². The Kier molecular flexibility index (Phi) is 6.94. The molecule has 0 aliphatic carbocycles. The van der Waals surface area contributed by atoms with E-state index < -0.39 is 0 Å². The van der Waals surface area contributed by atoms with E-state index >= 15 is 0 Å². The third-order valence-electron chi connectivity index (χ3n) is 4.64. The third kappa shape index (κ3) is 5.58. The topological polar surface area (TPSA) is 46.6 Å². The first-order valence-electron chi connectivity index (χ1n) is 9.43. The fraction of sp³-hybridized carbons (Fsp3) is 0.476. The summed E-state index contributed by atoms with van der Waals surface area (Å²) in [5, 5.41) is 4.07. The van der Waals surface area contributed by atoms with Gasteiger partial charge < -0.3 is 19.7 Å². The normalized spacial score (nSPS) is 15.1. The molecule has 0 saturated carbocycles. The fourth-order valence-electron chi connectivity index (χ4n) is 3.17. The number of nitrogens with zero attached hydrogens (tertiary/aromatic N) is 2. The molecule has 0 bridgehead atoms. The van der Waals surface area contributed by atoms with E-state index in [9.17, 15) is 0 Å². The molecule has 2 aromatic rings. The average Bonchev–Trinajstić information content (AvgIpc) is 2.64. The number of pyridine rings is 1. The van der Waals surface area contributed by atoms with E-state index in [2.05, 4.69) is 15.2 Å². The van der Waals surface area contributed by atoms with Crippen molar-refractivity contribution in [3.05, 3.63) is 41.2 Å². The monoisotopic (exact) mass is 389 g/mol. The number of ether oxygens (including phenoxy) is 2. The fourth-order valence-corrected chi connectivity index (χ4v) is 3.44. The number of hydrogen-bond donors (Lipinski definition) is 1. The molecule has 2 heterocycles. The van der Waals surface area contributed by atoms with Crippen molar-refractivity contribution in [1.82, 2.24) is 15.2 Å². The highest BCUT2D eigenvalue weighted by Gasteiger charge is 2.19. The molecule has 1 aliphatic rings. The van der Waals surface area contributed by atoms with Gasteiger partial charge in [0.1, 0.15) is 24.2 Å². The molecule has 1 N–H and O–H groups in total. The van der Waals surface area contributed by atoms with E-state index in [1.165, 1.54) is 0 Å². The van der Waals surface area contributed by atoms with Gasteiger partial charge in [0.05, 0.1) is 6.20 Å². The van der Waals surface area contributed by atoms with Gasteiger partial charge in [-0.3, -0.25) is 4.98 Å². The number of likely N-dealkylation sites (N-methyl/N-ethyl adjacent to an activating group) is 1. The summed E-state index contributed by atoms with van der Waals surface area (Å²) >= 11 is 6.35. The Morgan fingerprint density at radius 3 is 2.70 bits per heavy atom. The predicted octanol–water partition coefficient (Wildman–Crippen LogP) is 3.78. The highest BCUT2D eigenvalue weighted by molar-refractivity contribution is 6.31. The van der Waals surface area contributed by atoms with Crippen LogP contribution in [0.25, 0.3) is 11.1 Å². The van der Waals surface area contributed by atoms with Gasteiger partial charge in [-0.15, -0.1) is 0 Å². The minimum absolute atomic E-state index is 0.220. The van der Waals surface area contributed by atoms with Crippen molar-refractivity contribution in [3.63, 3.8) is 0 Å². The Hall–Kier alpha value is -1.82. The summed E-state index contributed by atoms with van der Waals surface area (Å²) in [5.74, 6) is 1.64. The van der Waals surface area contributed by atoms with Crippen molar-refractivity contribution in [2.24, 2.45) is 0 Å². The van der Waals surface area contributed by atoms with Crippen molar-refractivity contribution >= 4 is 11.6 Å². The first-order chi connectivity index (χ1) is 13.0. The standard InChI is InChI=1S/C21H28ClN3O2/c1-15-10-17(22)12-20(21(15)27-18-4-6-23-7-5-18)16-11-19(14-24-13-16)26-9-8-25(2)3/h10-14,18,23H,4-9H2,1-3H3. The average molecular weight is 390 g/mol. The molecular weight excluding hydrogens is 362 g/mol. The Morgan fingerprint density at radius 2 is 1.96 bits per heavy atom. The van der Waals surface area contributed by atoms with Crippen molar-refractivity contribution in [2.75, 3.05) is 40.3 Å². The number of aryl methyl sites for hydroxylation is 1. The van der Waals surface area contributed by atoms with Crippen molar-refractivity contribution in [2.45, 2.75) is 25.9 Å². The van der Waals surface area contributed by atoms with Gasteiger partial charge in [0.15, 0.2) is 0 Å². The number of rotatable bonds is 7. The smallest absolute Gasteiger partial charge is 0.138 e. The first kappa shape index (κ1) is 19.9. The van der Waals surface area contributed by atoms with Crippen molar-refractivity contribution in [1.29, 1.82) is 0 Å². The Balaban J connectivity index is 1.86. The van der Waals surface area contributed by atoms with E-state index in [1.54, 1.807) is 6.20 Å². The van der Waals surface area contributed by atoms with Gasteiger partial charge in [0, 0.05) is 28.9 Å². The third-order valence-corrected chi connectivity index (χ3v) is 4.86. The van der Waals surface area contributed by atoms with Crippen LogP contribution in [0, 0.1) is 6.92 Å². The Labute approximate surface area is 166 Å². The number of nitrogens with one attached hydrogen (secondary N) is 1. The van der Waals surface area contributed by atoms with Crippen LogP contribution in [0.1, 0.15) is 18.4 Å². The molecule has 1 aromatic heterocycles. The van der Waals surface area contributed by atoms with Crippen LogP contribution >= 0.6 is 11.6 Å². The molecule has 146 valence electrons. The number of benzene rings is 1. The lowest BCUT2D eigenvalue weighted by Gasteiger charge is -2.26. The molecule has 1 aliphatic heterocycles. The minimum Gasteiger partial charge on any atom is -0.491 e. The van der Waals surface area contributed by atoms with Crippen LogP contribution in [0.4, 0.5) is 0 Å². The lowest BCUT2D eigenvalue weighted by Crippen LogP contribution is -2.34. The molecule has 0 radical (unpaired) electrons. The van der Waals surface area contributed by atoms with Crippen LogP contribution in [0.15, 0.2) is 30.6 Å². The van der Waals surface area contributed by atoms with Gasteiger partial charge in [-0.2, -0.15) is 0 Å². The van der Waals surface area contributed by atoms with E-state index in [1.807, 2.05) is 45.4 Å². The minimum atomic E-state index is 0.220. The Bertz CT molecular complexity index is 761. The summed E-state index contributed by atoms with van der Waals surface area (Å²) in [6, 6.07) is 5.90. The zero-order chi connectivity index (χ0) is 19.2. The van der Waals surface area contributed by atoms with Crippen molar-refractivity contribution in [3.8, 4) is 22.6 Å². The highest BCUT2D eigenvalue weighted by atomic mass is 35.5. The van der Waals surface area contributed by atoms with E-state index in [0.717, 1.165) is 60.7 Å². The summed E-state index contributed by atoms with van der Waals surface area (Å²) in [4.78, 5) is 6.44. The zero-order valence-electron chi connectivity index (χ0n) is 16.3. The lowest BCUT2D eigenvalue weighted by molar-refractivity contribution is 0.162. The van der Waals surface area contributed by atoms with Gasteiger partial charge in [0.25, 0.3) is 0 Å². The van der Waals surface area contributed by atoms with Crippen LogP contribution in [0.3, 0.4) is 0 Å². The highest BCUT2D eigenvalue weighted by Crippen LogP contribution is 2.38. The quantitative estimate of drug-likeness (QED) is 0.780. The van der Waals surface area contributed by atoms with Gasteiger partial charge in [0.2, 0.25) is 0 Å². The maximum Gasteiger partial charge on any atom is 0.138 e. The summed E-state index contributed by atoms with van der Waals surface area (Å²) < 4.78 is 12.2. The molecule has 6 heteroatoms. The zero-order valence-corrected chi connectivity index (χ0v) is 17.1. The molecule has 5 nitrogen and oxygen atoms in total. The van der Waals surface area contributed by atoms with Gasteiger partial charge in [-0.1, -0.05) is 11.6 Å². The predicted molar refractivity (Wildman–Crippen MR) is 110 cm³/mol. The molecular formula is C21H28ClN3O2.